The highest BCUT2D eigenvalue weighted by Crippen LogP contribution is 2.34. The summed E-state index contributed by atoms with van der Waals surface area (Å²) in [5.41, 5.74) is 7.13. The van der Waals surface area contributed by atoms with Crippen molar-refractivity contribution in [3.8, 4) is 5.75 Å². The summed E-state index contributed by atoms with van der Waals surface area (Å²) in [5.74, 6) is 1.28. The molecular weight excluding hydrogens is 290 g/mol. The molecular formula is C15H26ClNO2Si. The largest absolute Gasteiger partial charge is 0.544 e. The lowest BCUT2D eigenvalue weighted by atomic mass is 9.77. The van der Waals surface area contributed by atoms with Gasteiger partial charge in [0.15, 0.2) is 0 Å². The van der Waals surface area contributed by atoms with E-state index >= 15 is 0 Å². The van der Waals surface area contributed by atoms with Crippen LogP contribution in [0.3, 0.4) is 0 Å². The van der Waals surface area contributed by atoms with Gasteiger partial charge in [0.05, 0.1) is 12.1 Å². The molecule has 1 aromatic carbocycles. The first-order valence-corrected chi connectivity index (χ1v) is 10.5. The smallest absolute Gasteiger partial charge is 0.242 e. The van der Waals surface area contributed by atoms with E-state index in [4.69, 9.17) is 10.2 Å². The second-order valence-corrected chi connectivity index (χ2v) is 10.9. The second kappa shape index (κ2) is 6.94. The molecule has 5 heteroatoms. The lowest BCUT2D eigenvalue weighted by Gasteiger charge is -2.33. The first-order valence-electron chi connectivity index (χ1n) is 7.09. The van der Waals surface area contributed by atoms with Crippen LogP contribution in [0.25, 0.3) is 0 Å². The summed E-state index contributed by atoms with van der Waals surface area (Å²) >= 11 is 0. The zero-order valence-corrected chi connectivity index (χ0v) is 14.3. The highest BCUT2D eigenvalue weighted by atomic mass is 35.5. The summed E-state index contributed by atoms with van der Waals surface area (Å²) in [4.78, 5) is 0. The number of hydrogen-bond donors (Lipinski definition) is 2. The SMILES string of the molecule is C[Si](C)(C)Oc1ccc([C@@H](N)[C@@H](O)C2CCC2)cc1.Cl. The fraction of sp³-hybridized carbons (Fsp3) is 0.600. The number of benzene rings is 1. The molecule has 1 saturated carbocycles. The minimum absolute atomic E-state index is 0. The number of nitrogens with two attached hydrogens (primary N) is 1. The summed E-state index contributed by atoms with van der Waals surface area (Å²) in [7, 11) is -1.56. The number of hydrogen-bond acceptors (Lipinski definition) is 3. The molecule has 0 saturated heterocycles. The lowest BCUT2D eigenvalue weighted by molar-refractivity contribution is 0.0413. The van der Waals surface area contributed by atoms with Crippen LogP contribution in [0.5, 0.6) is 5.75 Å². The van der Waals surface area contributed by atoms with Gasteiger partial charge in [-0.1, -0.05) is 18.6 Å². The molecule has 3 nitrogen and oxygen atoms in total. The third kappa shape index (κ3) is 4.48. The van der Waals surface area contributed by atoms with Crippen LogP contribution < -0.4 is 10.2 Å². The van der Waals surface area contributed by atoms with E-state index < -0.39 is 14.4 Å². The summed E-state index contributed by atoms with van der Waals surface area (Å²) in [5, 5.41) is 10.2. The zero-order chi connectivity index (χ0) is 14.0. The summed E-state index contributed by atoms with van der Waals surface area (Å²) in [6.07, 6.45) is 3.01. The number of aliphatic hydroxyl groups excluding tert-OH is 1. The third-order valence-corrected chi connectivity index (χ3v) is 4.54. The molecule has 1 fully saturated rings. The van der Waals surface area contributed by atoms with Gasteiger partial charge in [0.25, 0.3) is 0 Å². The maximum absolute atomic E-state index is 10.2. The maximum Gasteiger partial charge on any atom is 0.242 e. The van der Waals surface area contributed by atoms with E-state index in [0.717, 1.165) is 24.2 Å². The van der Waals surface area contributed by atoms with Gasteiger partial charge >= 0.3 is 0 Å². The van der Waals surface area contributed by atoms with Crippen molar-refractivity contribution in [3.05, 3.63) is 29.8 Å². The molecule has 0 radical (unpaired) electrons. The molecule has 0 aromatic heterocycles. The molecule has 1 aliphatic carbocycles. The van der Waals surface area contributed by atoms with Crippen LogP contribution in [0.2, 0.25) is 19.6 Å². The monoisotopic (exact) mass is 315 g/mol. The molecule has 2 rings (SSSR count). The van der Waals surface area contributed by atoms with E-state index in [1.807, 2.05) is 24.3 Å². The Labute approximate surface area is 129 Å². The number of halogens is 1. The van der Waals surface area contributed by atoms with Crippen LogP contribution in [0.15, 0.2) is 24.3 Å². The molecule has 0 bridgehead atoms. The van der Waals surface area contributed by atoms with Gasteiger partial charge in [-0.3, -0.25) is 0 Å². The van der Waals surface area contributed by atoms with Crippen LogP contribution >= 0.6 is 12.4 Å². The first kappa shape index (κ1) is 17.5. The minimum atomic E-state index is -1.56. The maximum atomic E-state index is 10.2. The van der Waals surface area contributed by atoms with Gasteiger partial charge in [-0.15, -0.1) is 12.4 Å². The molecule has 0 unspecified atom stereocenters. The van der Waals surface area contributed by atoms with Crippen LogP contribution in [-0.2, 0) is 0 Å². The Morgan fingerprint density at radius 3 is 2.15 bits per heavy atom. The lowest BCUT2D eigenvalue weighted by Crippen LogP contribution is -2.36. The van der Waals surface area contributed by atoms with E-state index in [1.165, 1.54) is 6.42 Å². The van der Waals surface area contributed by atoms with Crippen molar-refractivity contribution in [2.45, 2.75) is 51.0 Å². The molecule has 0 spiro atoms. The van der Waals surface area contributed by atoms with Gasteiger partial charge in [-0.2, -0.15) is 0 Å². The zero-order valence-electron chi connectivity index (χ0n) is 12.5. The second-order valence-electron chi connectivity index (χ2n) is 6.49. The molecule has 114 valence electrons. The fourth-order valence-electron chi connectivity index (χ4n) is 2.38. The highest BCUT2D eigenvalue weighted by molar-refractivity contribution is 6.70. The molecule has 0 aliphatic heterocycles. The highest BCUT2D eigenvalue weighted by Gasteiger charge is 2.30. The topological polar surface area (TPSA) is 55.5 Å². The third-order valence-electron chi connectivity index (χ3n) is 3.69. The van der Waals surface area contributed by atoms with Crippen molar-refractivity contribution in [2.24, 2.45) is 11.7 Å². The Balaban J connectivity index is 0.00000200. The average molecular weight is 316 g/mol. The molecule has 20 heavy (non-hydrogen) atoms. The predicted octanol–water partition coefficient (Wildman–Crippen LogP) is 3.48. The Morgan fingerprint density at radius 2 is 1.75 bits per heavy atom. The van der Waals surface area contributed by atoms with Crippen molar-refractivity contribution < 1.29 is 9.53 Å². The van der Waals surface area contributed by atoms with Gasteiger partial charge in [0, 0.05) is 0 Å². The normalized spacial score (nSPS) is 18.6. The molecule has 1 aliphatic rings. The van der Waals surface area contributed by atoms with Crippen molar-refractivity contribution in [1.82, 2.24) is 0 Å². The molecule has 1 aromatic rings. The van der Waals surface area contributed by atoms with E-state index in [-0.39, 0.29) is 18.4 Å². The van der Waals surface area contributed by atoms with Crippen molar-refractivity contribution in [3.63, 3.8) is 0 Å². The van der Waals surface area contributed by atoms with Crippen molar-refractivity contribution >= 4 is 20.7 Å². The van der Waals surface area contributed by atoms with E-state index in [0.29, 0.717) is 5.92 Å². The summed E-state index contributed by atoms with van der Waals surface area (Å²) < 4.78 is 5.91. The Kier molecular flexibility index (Phi) is 6.07. The van der Waals surface area contributed by atoms with Crippen molar-refractivity contribution in [2.75, 3.05) is 0 Å². The number of aliphatic hydroxyl groups is 1. The number of rotatable bonds is 5. The van der Waals surface area contributed by atoms with Gasteiger partial charge in [-0.25, -0.2) is 0 Å². The Bertz CT molecular complexity index is 415. The van der Waals surface area contributed by atoms with Crippen LogP contribution in [0.1, 0.15) is 30.9 Å². The molecule has 0 amide bonds. The molecule has 3 N–H and O–H groups in total. The Hall–Kier alpha value is -0.553. The van der Waals surface area contributed by atoms with Gasteiger partial charge in [0.1, 0.15) is 5.75 Å². The van der Waals surface area contributed by atoms with Crippen LogP contribution in [0, 0.1) is 5.92 Å². The first-order chi connectivity index (χ1) is 8.87. The fourth-order valence-corrected chi connectivity index (χ4v) is 3.23. The van der Waals surface area contributed by atoms with E-state index in [2.05, 4.69) is 19.6 Å². The average Bonchev–Trinajstić information content (AvgIpc) is 2.24. The van der Waals surface area contributed by atoms with E-state index in [1.54, 1.807) is 0 Å². The van der Waals surface area contributed by atoms with Crippen LogP contribution in [-0.4, -0.2) is 19.5 Å². The minimum Gasteiger partial charge on any atom is -0.544 e. The van der Waals surface area contributed by atoms with Gasteiger partial charge < -0.3 is 15.3 Å². The quantitative estimate of drug-likeness (QED) is 0.818. The molecule has 2 atom stereocenters. The van der Waals surface area contributed by atoms with Crippen LogP contribution in [0.4, 0.5) is 0 Å². The standard InChI is InChI=1S/C15H25NO2Si.ClH/c1-19(2,3)18-13-9-7-11(8-10-13)14(16)15(17)12-5-4-6-12;/h7-10,12,14-15,17H,4-6,16H2,1-3H3;1H/t14-,15+;/m1./s1. The van der Waals surface area contributed by atoms with Crippen molar-refractivity contribution in [1.29, 1.82) is 0 Å². The molecule has 0 heterocycles. The Morgan fingerprint density at radius 1 is 1.20 bits per heavy atom. The van der Waals surface area contributed by atoms with Gasteiger partial charge in [-0.05, 0) is 56.1 Å². The van der Waals surface area contributed by atoms with E-state index in [9.17, 15) is 5.11 Å². The van der Waals surface area contributed by atoms with Gasteiger partial charge in [0.2, 0.25) is 8.32 Å². The summed E-state index contributed by atoms with van der Waals surface area (Å²) in [6.45, 7) is 6.48. The predicted molar refractivity (Wildman–Crippen MR) is 87.9 cm³/mol. The summed E-state index contributed by atoms with van der Waals surface area (Å²) in [6, 6.07) is 7.58.